The van der Waals surface area contributed by atoms with Gasteiger partial charge in [-0.3, -0.25) is 9.59 Å². The Hall–Kier alpha value is -3.93. The SMILES string of the molecule is CC(CCc1ccccc1)NC(=O)CC1CCN(C(=O)c2ccc3nc(-c4ccccc4)oc3c2)CC1. The number of rotatable bonds is 8. The predicted molar refractivity (Wildman–Crippen MR) is 145 cm³/mol. The summed E-state index contributed by atoms with van der Waals surface area (Å²) in [5, 5.41) is 3.15. The molecule has 2 amide bonds. The summed E-state index contributed by atoms with van der Waals surface area (Å²) < 4.78 is 5.94. The summed E-state index contributed by atoms with van der Waals surface area (Å²) in [6.07, 6.45) is 4.06. The third-order valence-electron chi connectivity index (χ3n) is 7.15. The van der Waals surface area contributed by atoms with Crippen LogP contribution in [0.15, 0.2) is 83.3 Å². The molecule has 0 spiro atoms. The van der Waals surface area contributed by atoms with Crippen LogP contribution in [0, 0.1) is 5.92 Å². The number of amides is 2. The van der Waals surface area contributed by atoms with E-state index < -0.39 is 0 Å². The van der Waals surface area contributed by atoms with Crippen molar-refractivity contribution in [3.8, 4) is 11.5 Å². The third-order valence-corrected chi connectivity index (χ3v) is 7.15. The minimum absolute atomic E-state index is 0.00278. The second-order valence-electron chi connectivity index (χ2n) is 10.0. The molecule has 6 nitrogen and oxygen atoms in total. The fraction of sp³-hybridized carbons (Fsp3) is 0.323. The van der Waals surface area contributed by atoms with Gasteiger partial charge >= 0.3 is 0 Å². The maximum absolute atomic E-state index is 13.2. The molecule has 37 heavy (non-hydrogen) atoms. The smallest absolute Gasteiger partial charge is 0.253 e. The van der Waals surface area contributed by atoms with Gasteiger partial charge in [0, 0.05) is 36.7 Å². The number of aryl methyl sites for hydroxylation is 1. The van der Waals surface area contributed by atoms with Crippen LogP contribution in [-0.2, 0) is 11.2 Å². The first kappa shape index (κ1) is 24.8. The highest BCUT2D eigenvalue weighted by molar-refractivity contribution is 5.97. The van der Waals surface area contributed by atoms with Crippen LogP contribution >= 0.6 is 0 Å². The van der Waals surface area contributed by atoms with Gasteiger partial charge < -0.3 is 14.6 Å². The van der Waals surface area contributed by atoms with Crippen LogP contribution in [-0.4, -0.2) is 40.8 Å². The Morgan fingerprint density at radius 3 is 2.43 bits per heavy atom. The minimum atomic E-state index is -0.00278. The first-order valence-electron chi connectivity index (χ1n) is 13.1. The molecule has 2 heterocycles. The van der Waals surface area contributed by atoms with E-state index in [-0.39, 0.29) is 17.9 Å². The van der Waals surface area contributed by atoms with Crippen LogP contribution < -0.4 is 5.32 Å². The predicted octanol–water partition coefficient (Wildman–Crippen LogP) is 5.87. The third kappa shape index (κ3) is 6.26. The van der Waals surface area contributed by atoms with Gasteiger partial charge in [-0.25, -0.2) is 4.98 Å². The van der Waals surface area contributed by atoms with Gasteiger partial charge in [0.1, 0.15) is 5.52 Å². The number of aromatic nitrogens is 1. The topological polar surface area (TPSA) is 75.4 Å². The molecule has 1 fully saturated rings. The lowest BCUT2D eigenvalue weighted by molar-refractivity contribution is -0.122. The van der Waals surface area contributed by atoms with Gasteiger partial charge in [0.25, 0.3) is 5.91 Å². The molecule has 1 saturated heterocycles. The number of fused-ring (bicyclic) bond motifs is 1. The van der Waals surface area contributed by atoms with Gasteiger partial charge in [-0.1, -0.05) is 48.5 Å². The van der Waals surface area contributed by atoms with E-state index in [1.54, 1.807) is 6.07 Å². The number of nitrogens with zero attached hydrogens (tertiary/aromatic N) is 2. The normalized spacial score (nSPS) is 15.0. The fourth-order valence-electron chi connectivity index (χ4n) is 4.98. The molecule has 0 radical (unpaired) electrons. The van der Waals surface area contributed by atoms with Crippen LogP contribution in [0.2, 0.25) is 0 Å². The highest BCUT2D eigenvalue weighted by Crippen LogP contribution is 2.26. The Bertz CT molecular complexity index is 1340. The summed E-state index contributed by atoms with van der Waals surface area (Å²) in [5.74, 6) is 0.955. The molecule has 1 aliphatic rings. The highest BCUT2D eigenvalue weighted by atomic mass is 16.3. The van der Waals surface area contributed by atoms with Gasteiger partial charge in [0.05, 0.1) is 0 Å². The average molecular weight is 496 g/mol. The number of carbonyl (C=O) groups is 2. The largest absolute Gasteiger partial charge is 0.436 e. The Balaban J connectivity index is 1.10. The van der Waals surface area contributed by atoms with Gasteiger partial charge in [-0.15, -0.1) is 0 Å². The van der Waals surface area contributed by atoms with Crippen molar-refractivity contribution in [3.05, 3.63) is 90.0 Å². The Morgan fingerprint density at radius 2 is 1.70 bits per heavy atom. The van der Waals surface area contributed by atoms with E-state index in [9.17, 15) is 9.59 Å². The van der Waals surface area contributed by atoms with E-state index in [2.05, 4.69) is 29.4 Å². The van der Waals surface area contributed by atoms with E-state index in [0.717, 1.165) is 36.8 Å². The van der Waals surface area contributed by atoms with E-state index in [1.807, 2.05) is 65.6 Å². The number of hydrogen-bond acceptors (Lipinski definition) is 4. The highest BCUT2D eigenvalue weighted by Gasteiger charge is 2.26. The lowest BCUT2D eigenvalue weighted by atomic mass is 9.92. The van der Waals surface area contributed by atoms with Gasteiger partial charge in [0.2, 0.25) is 11.8 Å². The van der Waals surface area contributed by atoms with E-state index in [4.69, 9.17) is 4.42 Å². The molecule has 4 aromatic rings. The second kappa shape index (κ2) is 11.4. The molecule has 1 unspecified atom stereocenters. The molecule has 5 rings (SSSR count). The maximum Gasteiger partial charge on any atom is 0.253 e. The van der Waals surface area contributed by atoms with Crippen molar-refractivity contribution in [2.45, 2.75) is 45.1 Å². The lowest BCUT2D eigenvalue weighted by Crippen LogP contribution is -2.40. The first-order chi connectivity index (χ1) is 18.0. The van der Waals surface area contributed by atoms with Gasteiger partial charge in [-0.05, 0) is 74.4 Å². The quantitative estimate of drug-likeness (QED) is 0.331. The zero-order valence-electron chi connectivity index (χ0n) is 21.2. The molecule has 0 aliphatic carbocycles. The molecule has 1 N–H and O–H groups in total. The summed E-state index contributed by atoms with van der Waals surface area (Å²) in [6.45, 7) is 3.38. The number of likely N-dealkylation sites (tertiary alicyclic amines) is 1. The molecule has 0 saturated carbocycles. The van der Waals surface area contributed by atoms with Gasteiger partial charge in [-0.2, -0.15) is 0 Å². The zero-order chi connectivity index (χ0) is 25.6. The first-order valence-corrected chi connectivity index (χ1v) is 13.1. The maximum atomic E-state index is 13.2. The molecule has 0 bridgehead atoms. The van der Waals surface area contributed by atoms with Gasteiger partial charge in [0.15, 0.2) is 5.58 Å². The average Bonchev–Trinajstić information content (AvgIpc) is 3.37. The summed E-state index contributed by atoms with van der Waals surface area (Å²) in [7, 11) is 0. The molecular weight excluding hydrogens is 462 g/mol. The zero-order valence-corrected chi connectivity index (χ0v) is 21.2. The van der Waals surface area contributed by atoms with Crippen LogP contribution in [0.5, 0.6) is 0 Å². The summed E-state index contributed by atoms with van der Waals surface area (Å²) in [4.78, 5) is 32.2. The second-order valence-corrected chi connectivity index (χ2v) is 10.0. The minimum Gasteiger partial charge on any atom is -0.436 e. The van der Waals surface area contributed by atoms with E-state index in [1.165, 1.54) is 5.56 Å². The van der Waals surface area contributed by atoms with E-state index >= 15 is 0 Å². The van der Waals surface area contributed by atoms with Crippen molar-refractivity contribution in [2.24, 2.45) is 5.92 Å². The van der Waals surface area contributed by atoms with Crippen LogP contribution in [0.25, 0.3) is 22.6 Å². The summed E-state index contributed by atoms with van der Waals surface area (Å²) in [5.41, 5.74) is 4.14. The number of nitrogens with one attached hydrogen (secondary N) is 1. The summed E-state index contributed by atoms with van der Waals surface area (Å²) in [6, 6.07) is 25.7. The molecule has 190 valence electrons. The van der Waals surface area contributed by atoms with Crippen molar-refractivity contribution >= 4 is 22.9 Å². The molecular formula is C31H33N3O3. The van der Waals surface area contributed by atoms with Crippen molar-refractivity contribution < 1.29 is 14.0 Å². The Labute approximate surface area is 217 Å². The van der Waals surface area contributed by atoms with E-state index in [0.29, 0.717) is 42.5 Å². The molecule has 6 heteroatoms. The van der Waals surface area contributed by atoms with Crippen molar-refractivity contribution in [2.75, 3.05) is 13.1 Å². The Kier molecular flexibility index (Phi) is 7.64. The molecule has 1 atom stereocenters. The number of hydrogen-bond donors (Lipinski definition) is 1. The Morgan fingerprint density at radius 1 is 1.00 bits per heavy atom. The number of oxazole rings is 1. The molecule has 1 aromatic heterocycles. The lowest BCUT2D eigenvalue weighted by Gasteiger charge is -2.32. The van der Waals surface area contributed by atoms with Crippen LogP contribution in [0.3, 0.4) is 0 Å². The van der Waals surface area contributed by atoms with Crippen molar-refractivity contribution in [1.82, 2.24) is 15.2 Å². The standard InChI is InChI=1S/C31H33N3O3/c1-22(12-13-23-8-4-2-5-9-23)32-29(35)20-24-16-18-34(19-17-24)31(36)26-14-15-27-28(21-26)37-30(33-27)25-10-6-3-7-11-25/h2-11,14-15,21-22,24H,12-13,16-20H2,1H3,(H,32,35). The fourth-order valence-corrected chi connectivity index (χ4v) is 4.98. The number of piperidine rings is 1. The monoisotopic (exact) mass is 495 g/mol. The van der Waals surface area contributed by atoms with Crippen molar-refractivity contribution in [1.29, 1.82) is 0 Å². The van der Waals surface area contributed by atoms with Crippen LogP contribution in [0.4, 0.5) is 0 Å². The van der Waals surface area contributed by atoms with Crippen LogP contribution in [0.1, 0.15) is 48.5 Å². The molecule has 3 aromatic carbocycles. The summed E-state index contributed by atoms with van der Waals surface area (Å²) >= 11 is 0. The number of carbonyl (C=O) groups excluding carboxylic acids is 2. The molecule has 1 aliphatic heterocycles. The number of benzene rings is 3. The van der Waals surface area contributed by atoms with Crippen molar-refractivity contribution in [3.63, 3.8) is 0 Å².